The van der Waals surface area contributed by atoms with Crippen LogP contribution in [0.4, 0.5) is 0 Å². The van der Waals surface area contributed by atoms with E-state index in [1.165, 1.54) is 12.0 Å². The molecule has 1 aliphatic rings. The summed E-state index contributed by atoms with van der Waals surface area (Å²) in [6.45, 7) is 6.36. The minimum atomic E-state index is 0.293. The van der Waals surface area contributed by atoms with Gasteiger partial charge in [0.2, 0.25) is 0 Å². The minimum absolute atomic E-state index is 0.293. The van der Waals surface area contributed by atoms with Gasteiger partial charge in [-0.25, -0.2) is 9.97 Å². The van der Waals surface area contributed by atoms with Crippen molar-refractivity contribution in [1.82, 2.24) is 24.4 Å². The lowest BCUT2D eigenvalue weighted by Crippen LogP contribution is -2.25. The summed E-state index contributed by atoms with van der Waals surface area (Å²) in [6.07, 6.45) is 9.74. The summed E-state index contributed by atoms with van der Waals surface area (Å²) >= 11 is 0. The highest BCUT2D eigenvalue weighted by Crippen LogP contribution is 2.34. The summed E-state index contributed by atoms with van der Waals surface area (Å²) in [4.78, 5) is 16.5. The molecule has 1 aliphatic heterocycles. The van der Waals surface area contributed by atoms with Crippen LogP contribution in [0.15, 0.2) is 55.1 Å². The zero-order valence-electron chi connectivity index (χ0n) is 15.4. The first kappa shape index (κ1) is 16.9. The molecule has 5 heteroatoms. The highest BCUT2D eigenvalue weighted by atomic mass is 15.2. The van der Waals surface area contributed by atoms with Gasteiger partial charge in [-0.2, -0.15) is 0 Å². The van der Waals surface area contributed by atoms with Gasteiger partial charge < -0.3 is 0 Å². The molecule has 5 nitrogen and oxygen atoms in total. The molecule has 134 valence electrons. The quantitative estimate of drug-likeness (QED) is 0.696. The third-order valence-electron chi connectivity index (χ3n) is 5.03. The van der Waals surface area contributed by atoms with Gasteiger partial charge in [-0.3, -0.25) is 14.5 Å². The summed E-state index contributed by atoms with van der Waals surface area (Å²) in [5.74, 6) is 2.28. The van der Waals surface area contributed by atoms with Crippen molar-refractivity contribution in [2.45, 2.75) is 45.2 Å². The van der Waals surface area contributed by atoms with E-state index < -0.39 is 0 Å². The molecule has 3 aromatic rings. The molecule has 1 saturated heterocycles. The third kappa shape index (κ3) is 3.27. The normalized spacial score (nSPS) is 17.9. The summed E-state index contributed by atoms with van der Waals surface area (Å²) in [6, 6.07) is 11.0. The monoisotopic (exact) mass is 347 g/mol. The smallest absolute Gasteiger partial charge is 0.161 e. The highest BCUT2D eigenvalue weighted by Gasteiger charge is 2.30. The van der Waals surface area contributed by atoms with Crippen LogP contribution in [0.3, 0.4) is 0 Å². The van der Waals surface area contributed by atoms with Crippen molar-refractivity contribution in [3.05, 3.63) is 72.2 Å². The van der Waals surface area contributed by atoms with Crippen LogP contribution in [-0.2, 0) is 6.54 Å². The van der Waals surface area contributed by atoms with E-state index in [2.05, 4.69) is 63.6 Å². The maximum absolute atomic E-state index is 4.76. The number of hydrogen-bond acceptors (Lipinski definition) is 4. The summed E-state index contributed by atoms with van der Waals surface area (Å²) < 4.78 is 2.10. The summed E-state index contributed by atoms with van der Waals surface area (Å²) in [7, 11) is 0. The average molecular weight is 347 g/mol. The first-order valence-electron chi connectivity index (χ1n) is 9.36. The topological polar surface area (TPSA) is 46.8 Å². The lowest BCUT2D eigenvalue weighted by atomic mass is 10.1. The molecule has 1 fully saturated rings. The van der Waals surface area contributed by atoms with Crippen LogP contribution in [0.5, 0.6) is 0 Å². The van der Waals surface area contributed by atoms with Gasteiger partial charge in [0.05, 0.1) is 6.04 Å². The van der Waals surface area contributed by atoms with Gasteiger partial charge in [0.1, 0.15) is 11.5 Å². The largest absolute Gasteiger partial charge is 0.290 e. The van der Waals surface area contributed by atoms with Crippen molar-refractivity contribution >= 4 is 0 Å². The predicted octanol–water partition coefficient (Wildman–Crippen LogP) is 4.12. The molecule has 0 spiro atoms. The van der Waals surface area contributed by atoms with Gasteiger partial charge in [-0.05, 0) is 24.9 Å². The van der Waals surface area contributed by atoms with E-state index in [0.29, 0.717) is 12.0 Å². The Morgan fingerprint density at radius 1 is 1.04 bits per heavy atom. The molecule has 1 atom stereocenters. The first-order valence-corrected chi connectivity index (χ1v) is 9.36. The number of rotatable bonds is 5. The molecule has 0 bridgehead atoms. The van der Waals surface area contributed by atoms with E-state index >= 15 is 0 Å². The van der Waals surface area contributed by atoms with Crippen LogP contribution in [0, 0.1) is 0 Å². The van der Waals surface area contributed by atoms with Gasteiger partial charge in [0, 0.05) is 37.3 Å². The lowest BCUT2D eigenvalue weighted by Gasteiger charge is -2.25. The zero-order chi connectivity index (χ0) is 17.9. The third-order valence-corrected chi connectivity index (χ3v) is 5.03. The van der Waals surface area contributed by atoms with E-state index in [4.69, 9.17) is 4.98 Å². The highest BCUT2D eigenvalue weighted by molar-refractivity contribution is 5.33. The van der Waals surface area contributed by atoms with Crippen molar-refractivity contribution in [3.8, 4) is 5.82 Å². The Bertz CT molecular complexity index is 856. The molecule has 0 N–H and O–H groups in total. The van der Waals surface area contributed by atoms with Crippen molar-refractivity contribution in [3.63, 3.8) is 0 Å². The van der Waals surface area contributed by atoms with E-state index in [-0.39, 0.29) is 0 Å². The number of aromatic nitrogens is 4. The molecule has 2 aromatic heterocycles. The van der Waals surface area contributed by atoms with Crippen LogP contribution in [0.25, 0.3) is 5.82 Å². The van der Waals surface area contributed by atoms with E-state index in [9.17, 15) is 0 Å². The second kappa shape index (κ2) is 7.38. The van der Waals surface area contributed by atoms with Gasteiger partial charge in [-0.1, -0.05) is 44.2 Å². The molecule has 0 aliphatic carbocycles. The molecular formula is C21H25N5. The summed E-state index contributed by atoms with van der Waals surface area (Å²) in [5, 5.41) is 0. The Kier molecular flexibility index (Phi) is 4.80. The molecule has 0 amide bonds. The number of likely N-dealkylation sites (tertiary alicyclic amines) is 1. The Balaban J connectivity index is 1.68. The molecule has 26 heavy (non-hydrogen) atoms. The Morgan fingerprint density at radius 3 is 2.65 bits per heavy atom. The number of imidazole rings is 1. The molecular weight excluding hydrogens is 322 g/mol. The van der Waals surface area contributed by atoms with Crippen molar-refractivity contribution in [2.24, 2.45) is 0 Å². The molecule has 1 aromatic carbocycles. The molecule has 3 heterocycles. The molecule has 0 radical (unpaired) electrons. The lowest BCUT2D eigenvalue weighted by molar-refractivity contribution is 0.243. The first-order chi connectivity index (χ1) is 12.7. The Labute approximate surface area is 154 Å². The van der Waals surface area contributed by atoms with Crippen molar-refractivity contribution in [2.75, 3.05) is 6.54 Å². The fraction of sp³-hybridized carbons (Fsp3) is 0.381. The van der Waals surface area contributed by atoms with E-state index in [0.717, 1.165) is 36.8 Å². The second-order valence-electron chi connectivity index (χ2n) is 7.19. The van der Waals surface area contributed by atoms with Crippen LogP contribution in [-0.4, -0.2) is 31.0 Å². The number of hydrogen-bond donors (Lipinski definition) is 0. The predicted molar refractivity (Wildman–Crippen MR) is 102 cm³/mol. The van der Waals surface area contributed by atoms with Gasteiger partial charge in [0.15, 0.2) is 5.82 Å². The van der Waals surface area contributed by atoms with E-state index in [1.54, 1.807) is 6.20 Å². The fourth-order valence-corrected chi connectivity index (χ4v) is 3.83. The van der Waals surface area contributed by atoms with Crippen LogP contribution in [0.1, 0.15) is 55.7 Å². The SMILES string of the molecule is CC(C)c1nccn1-c1nccnc1[C@@H]1CCCN1Cc1ccccc1. The fourth-order valence-electron chi connectivity index (χ4n) is 3.83. The Morgan fingerprint density at radius 2 is 1.85 bits per heavy atom. The van der Waals surface area contributed by atoms with E-state index in [1.807, 2.05) is 18.6 Å². The maximum atomic E-state index is 4.76. The number of nitrogens with zero attached hydrogens (tertiary/aromatic N) is 5. The van der Waals surface area contributed by atoms with Gasteiger partial charge in [-0.15, -0.1) is 0 Å². The molecule has 4 rings (SSSR count). The molecule has 0 unspecified atom stereocenters. The minimum Gasteiger partial charge on any atom is -0.290 e. The van der Waals surface area contributed by atoms with Gasteiger partial charge >= 0.3 is 0 Å². The average Bonchev–Trinajstić information content (AvgIpc) is 3.32. The van der Waals surface area contributed by atoms with Crippen LogP contribution >= 0.6 is 0 Å². The number of benzene rings is 1. The zero-order valence-corrected chi connectivity index (χ0v) is 15.4. The van der Waals surface area contributed by atoms with Gasteiger partial charge in [0.25, 0.3) is 0 Å². The van der Waals surface area contributed by atoms with Crippen LogP contribution in [0.2, 0.25) is 0 Å². The van der Waals surface area contributed by atoms with Crippen molar-refractivity contribution < 1.29 is 0 Å². The Hall–Kier alpha value is -2.53. The molecule has 0 saturated carbocycles. The maximum Gasteiger partial charge on any atom is 0.161 e. The van der Waals surface area contributed by atoms with Crippen LogP contribution < -0.4 is 0 Å². The standard InChI is InChI=1S/C21H25N5/c1-16(2)20-24-12-14-26(20)21-19(22-10-11-23-21)18-9-6-13-25(18)15-17-7-4-3-5-8-17/h3-5,7-8,10-12,14,16,18H,6,9,13,15H2,1-2H3/t18-/m0/s1. The van der Waals surface area contributed by atoms with Crippen molar-refractivity contribution in [1.29, 1.82) is 0 Å². The second-order valence-corrected chi connectivity index (χ2v) is 7.19. The summed E-state index contributed by atoms with van der Waals surface area (Å²) in [5.41, 5.74) is 2.40.